The van der Waals surface area contributed by atoms with Crippen LogP contribution >= 0.6 is 0 Å². The molecule has 13 heavy (non-hydrogen) atoms. The first-order chi connectivity index (χ1) is 6.05. The van der Waals surface area contributed by atoms with Crippen molar-refractivity contribution < 1.29 is 9.53 Å². The molecule has 70 valence electrons. The van der Waals surface area contributed by atoms with Gasteiger partial charge in [-0.15, -0.1) is 0 Å². The van der Waals surface area contributed by atoms with Gasteiger partial charge in [0.2, 0.25) is 0 Å². The van der Waals surface area contributed by atoms with Crippen molar-refractivity contribution in [3.05, 3.63) is 11.6 Å². The number of allylic oxidation sites excluding steroid dienone is 1. The summed E-state index contributed by atoms with van der Waals surface area (Å²) >= 11 is 0. The molecule has 0 heterocycles. The molecule has 3 nitrogen and oxygen atoms in total. The summed E-state index contributed by atoms with van der Waals surface area (Å²) in [7, 11) is 0. The lowest BCUT2D eigenvalue weighted by Crippen LogP contribution is -2.26. The maximum Gasteiger partial charge on any atom is 0.335 e. The zero-order valence-corrected chi connectivity index (χ0v) is 7.96. The number of nitriles is 1. The third-order valence-electron chi connectivity index (χ3n) is 1.92. The number of carbonyl (C=O) groups is 1. The van der Waals surface area contributed by atoms with Crippen LogP contribution in [0.15, 0.2) is 11.6 Å². The van der Waals surface area contributed by atoms with Crippen molar-refractivity contribution in [2.75, 3.05) is 0 Å². The molecule has 0 radical (unpaired) electrons. The van der Waals surface area contributed by atoms with E-state index in [0.29, 0.717) is 5.57 Å². The molecule has 0 aromatic carbocycles. The van der Waals surface area contributed by atoms with Crippen LogP contribution in [0.5, 0.6) is 0 Å². The van der Waals surface area contributed by atoms with Crippen LogP contribution in [-0.2, 0) is 9.53 Å². The summed E-state index contributed by atoms with van der Waals surface area (Å²) in [4.78, 5) is 11.4. The summed E-state index contributed by atoms with van der Waals surface area (Å²) in [5, 5.41) is 8.64. The predicted molar refractivity (Wildman–Crippen MR) is 47.7 cm³/mol. The van der Waals surface area contributed by atoms with E-state index >= 15 is 0 Å². The van der Waals surface area contributed by atoms with Crippen molar-refractivity contribution in [2.45, 2.75) is 38.7 Å². The zero-order chi connectivity index (χ0) is 9.90. The molecule has 0 aromatic rings. The van der Waals surface area contributed by atoms with Gasteiger partial charge in [0.05, 0.1) is 0 Å². The van der Waals surface area contributed by atoms with E-state index in [2.05, 4.69) is 0 Å². The molecule has 1 aliphatic carbocycles. The minimum absolute atomic E-state index is 0.343. The molecule has 0 saturated carbocycles. The van der Waals surface area contributed by atoms with E-state index in [9.17, 15) is 4.79 Å². The quantitative estimate of drug-likeness (QED) is 0.609. The third kappa shape index (κ3) is 2.59. The summed E-state index contributed by atoms with van der Waals surface area (Å²) < 4.78 is 5.00. The summed E-state index contributed by atoms with van der Waals surface area (Å²) in [5.41, 5.74) is -0.302. The van der Waals surface area contributed by atoms with Crippen molar-refractivity contribution in [3.8, 4) is 6.07 Å². The van der Waals surface area contributed by atoms with E-state index in [1.54, 1.807) is 13.8 Å². The van der Waals surface area contributed by atoms with Gasteiger partial charge in [0.15, 0.2) is 5.60 Å². The van der Waals surface area contributed by atoms with Crippen LogP contribution in [0.1, 0.15) is 33.1 Å². The van der Waals surface area contributed by atoms with Crippen molar-refractivity contribution in [2.24, 2.45) is 0 Å². The number of ether oxygens (including phenoxy) is 1. The Bertz CT molecular complexity index is 284. The van der Waals surface area contributed by atoms with Gasteiger partial charge in [-0.3, -0.25) is 0 Å². The van der Waals surface area contributed by atoms with Crippen LogP contribution in [0.3, 0.4) is 0 Å². The van der Waals surface area contributed by atoms with Gasteiger partial charge in [-0.25, -0.2) is 4.79 Å². The Labute approximate surface area is 78.0 Å². The fourth-order valence-electron chi connectivity index (χ4n) is 1.18. The van der Waals surface area contributed by atoms with Crippen molar-refractivity contribution in [1.82, 2.24) is 0 Å². The van der Waals surface area contributed by atoms with Gasteiger partial charge in [0.1, 0.15) is 6.07 Å². The van der Waals surface area contributed by atoms with Crippen LogP contribution in [0.4, 0.5) is 0 Å². The molecule has 0 spiro atoms. The van der Waals surface area contributed by atoms with E-state index in [1.807, 2.05) is 12.1 Å². The van der Waals surface area contributed by atoms with Crippen molar-refractivity contribution in [3.63, 3.8) is 0 Å². The average Bonchev–Trinajstić information content (AvgIpc) is 2.55. The van der Waals surface area contributed by atoms with Crippen LogP contribution in [0.25, 0.3) is 0 Å². The molecular formula is C10H13NO2. The number of rotatable bonds is 2. The second-order valence-corrected chi connectivity index (χ2v) is 3.63. The molecule has 0 N–H and O–H groups in total. The van der Waals surface area contributed by atoms with Gasteiger partial charge < -0.3 is 4.74 Å². The Morgan fingerprint density at radius 3 is 2.85 bits per heavy atom. The SMILES string of the molecule is CC(C)(C#N)OC(=O)C1=CCCC1. The molecule has 0 fully saturated rings. The maximum absolute atomic E-state index is 11.4. The number of hydrogen-bond acceptors (Lipinski definition) is 3. The highest BCUT2D eigenvalue weighted by atomic mass is 16.6. The Morgan fingerprint density at radius 2 is 2.38 bits per heavy atom. The van der Waals surface area contributed by atoms with Crippen molar-refractivity contribution >= 4 is 5.97 Å². The molecule has 0 bridgehead atoms. The number of carbonyl (C=O) groups excluding carboxylic acids is 1. The molecule has 0 amide bonds. The summed E-state index contributed by atoms with van der Waals surface area (Å²) in [5.74, 6) is -0.343. The third-order valence-corrected chi connectivity index (χ3v) is 1.92. The fourth-order valence-corrected chi connectivity index (χ4v) is 1.18. The zero-order valence-electron chi connectivity index (χ0n) is 7.96. The van der Waals surface area contributed by atoms with E-state index in [0.717, 1.165) is 19.3 Å². The normalized spacial score (nSPS) is 16.2. The number of hydrogen-bond donors (Lipinski definition) is 0. The number of esters is 1. The standard InChI is InChI=1S/C10H13NO2/c1-10(2,7-11)13-9(12)8-5-3-4-6-8/h5H,3-4,6H2,1-2H3. The Kier molecular flexibility index (Phi) is 2.72. The summed E-state index contributed by atoms with van der Waals surface area (Å²) in [6.07, 6.45) is 4.62. The first-order valence-corrected chi connectivity index (χ1v) is 4.39. The molecular weight excluding hydrogens is 166 g/mol. The number of nitrogens with zero attached hydrogens (tertiary/aromatic N) is 1. The average molecular weight is 179 g/mol. The van der Waals surface area contributed by atoms with Crippen LogP contribution in [0.2, 0.25) is 0 Å². The lowest BCUT2D eigenvalue weighted by atomic mass is 10.1. The predicted octanol–water partition coefficient (Wildman–Crippen LogP) is 1.94. The Morgan fingerprint density at radius 1 is 1.69 bits per heavy atom. The molecule has 0 unspecified atom stereocenters. The monoisotopic (exact) mass is 179 g/mol. The highest BCUT2D eigenvalue weighted by Gasteiger charge is 2.24. The second-order valence-electron chi connectivity index (χ2n) is 3.63. The van der Waals surface area contributed by atoms with Gasteiger partial charge in [0, 0.05) is 5.57 Å². The smallest absolute Gasteiger partial charge is 0.335 e. The van der Waals surface area contributed by atoms with Crippen LogP contribution < -0.4 is 0 Å². The minimum Gasteiger partial charge on any atom is -0.441 e. The topological polar surface area (TPSA) is 50.1 Å². The van der Waals surface area contributed by atoms with Gasteiger partial charge >= 0.3 is 5.97 Å². The van der Waals surface area contributed by atoms with Gasteiger partial charge in [-0.2, -0.15) is 5.26 Å². The molecule has 3 heteroatoms. The van der Waals surface area contributed by atoms with E-state index in [4.69, 9.17) is 10.00 Å². The lowest BCUT2D eigenvalue weighted by Gasteiger charge is -2.16. The van der Waals surface area contributed by atoms with E-state index in [1.165, 1.54) is 0 Å². The Balaban J connectivity index is 2.56. The van der Waals surface area contributed by atoms with Crippen molar-refractivity contribution in [1.29, 1.82) is 5.26 Å². The summed E-state index contributed by atoms with van der Waals surface area (Å²) in [6.45, 7) is 3.17. The molecule has 1 aliphatic rings. The highest BCUT2D eigenvalue weighted by Crippen LogP contribution is 2.21. The largest absolute Gasteiger partial charge is 0.441 e. The maximum atomic E-state index is 11.4. The molecule has 0 aliphatic heterocycles. The van der Waals surface area contributed by atoms with Gasteiger partial charge in [0.25, 0.3) is 0 Å². The summed E-state index contributed by atoms with van der Waals surface area (Å²) in [6, 6.07) is 1.93. The van der Waals surface area contributed by atoms with Gasteiger partial charge in [-0.05, 0) is 33.1 Å². The fraction of sp³-hybridized carbons (Fsp3) is 0.600. The molecule has 0 saturated heterocycles. The van der Waals surface area contributed by atoms with E-state index in [-0.39, 0.29) is 5.97 Å². The highest BCUT2D eigenvalue weighted by molar-refractivity contribution is 5.89. The van der Waals surface area contributed by atoms with Gasteiger partial charge in [-0.1, -0.05) is 6.08 Å². The Hall–Kier alpha value is -1.30. The minimum atomic E-state index is -1.01. The molecule has 0 aromatic heterocycles. The second kappa shape index (κ2) is 3.61. The first-order valence-electron chi connectivity index (χ1n) is 4.39. The van der Waals surface area contributed by atoms with Crippen LogP contribution in [0, 0.1) is 11.3 Å². The molecule has 0 atom stereocenters. The molecule has 1 rings (SSSR count). The first kappa shape index (κ1) is 9.79. The van der Waals surface area contributed by atoms with E-state index < -0.39 is 5.60 Å². The van der Waals surface area contributed by atoms with Crippen LogP contribution in [-0.4, -0.2) is 11.6 Å². The lowest BCUT2D eigenvalue weighted by molar-refractivity contribution is -0.147.